The molecule has 0 amide bonds. The summed E-state index contributed by atoms with van der Waals surface area (Å²) in [6, 6.07) is 0. The molecule has 154 valence electrons. The molecule has 10 heteroatoms. The largest absolute Gasteiger partial charge is 1.00 e. The summed E-state index contributed by atoms with van der Waals surface area (Å²) in [7, 11) is -5.20. The van der Waals surface area contributed by atoms with Gasteiger partial charge in [-0.3, -0.25) is 4.55 Å². The molecule has 0 aliphatic heterocycles. The Morgan fingerprint density at radius 1 is 0.893 bits per heavy atom. The maximum absolute atomic E-state index is 12.2. The van der Waals surface area contributed by atoms with E-state index >= 15 is 0 Å². The number of carboxylic acid groups (broad SMARTS) is 2. The predicted octanol–water partition coefficient (Wildman–Crippen LogP) is -4.83. The average Bonchev–Trinajstić information content (AvgIpc) is 2.50. The van der Waals surface area contributed by atoms with Crippen molar-refractivity contribution in [1.82, 2.24) is 0 Å². The predicted molar refractivity (Wildman–Crippen MR) is 94.4 cm³/mol. The van der Waals surface area contributed by atoms with Gasteiger partial charge in [0.05, 0.1) is 5.97 Å². The van der Waals surface area contributed by atoms with Gasteiger partial charge < -0.3 is 19.8 Å². The van der Waals surface area contributed by atoms with Crippen LogP contribution in [0.1, 0.15) is 79.1 Å². The summed E-state index contributed by atoms with van der Waals surface area (Å²) < 4.78 is 33.2. The number of aliphatic carboxylic acids is 2. The van der Waals surface area contributed by atoms with Gasteiger partial charge in [-0.05, 0) is 24.7 Å². The Labute approximate surface area is 254 Å². The van der Waals surface area contributed by atoms with Crippen LogP contribution in [0.3, 0.4) is 0 Å². The third-order valence-electron chi connectivity index (χ3n) is 5.41. The van der Waals surface area contributed by atoms with Crippen molar-refractivity contribution in [3.8, 4) is 0 Å². The molecule has 0 aliphatic rings. The van der Waals surface area contributed by atoms with Gasteiger partial charge in [-0.1, -0.05) is 66.2 Å². The Morgan fingerprint density at radius 3 is 1.46 bits per heavy atom. The van der Waals surface area contributed by atoms with E-state index in [-0.39, 0.29) is 103 Å². The SMILES string of the molecule is CCCCCC(C)C(C(=O)[O-])(C(C)CCCCC)C(C(=O)[O-])S(=O)(=O)O.[K+].[K+]. The molecule has 0 aromatic rings. The second-order valence-electron chi connectivity index (χ2n) is 7.23. The standard InChI is InChI=1S/C18H34O7S.2K/c1-5-7-9-11-13(3)18(17(21)22,14(4)12-10-8-6-2)15(16(19)20)26(23,24)25;;/h13-15H,5-12H2,1-4H3,(H,19,20)(H,21,22)(H,23,24,25);;/q;2*+1/p-2. The van der Waals surface area contributed by atoms with Crippen molar-refractivity contribution in [3.05, 3.63) is 0 Å². The van der Waals surface area contributed by atoms with Crippen LogP contribution in [0.2, 0.25) is 0 Å². The minimum atomic E-state index is -5.20. The number of hydrogen-bond donors (Lipinski definition) is 1. The van der Waals surface area contributed by atoms with Crippen molar-refractivity contribution in [2.45, 2.75) is 84.3 Å². The van der Waals surface area contributed by atoms with Gasteiger partial charge in [0.15, 0.2) is 0 Å². The van der Waals surface area contributed by atoms with Crippen LogP contribution in [0.25, 0.3) is 0 Å². The molecule has 0 rings (SSSR count). The summed E-state index contributed by atoms with van der Waals surface area (Å²) in [4.78, 5) is 23.8. The average molecular weight is 471 g/mol. The molecule has 0 aliphatic carbocycles. The topological polar surface area (TPSA) is 135 Å². The minimum absolute atomic E-state index is 0. The van der Waals surface area contributed by atoms with E-state index in [0.29, 0.717) is 25.7 Å². The molecule has 0 radical (unpaired) electrons. The van der Waals surface area contributed by atoms with Gasteiger partial charge >= 0.3 is 103 Å². The molecule has 0 saturated heterocycles. The molecule has 0 heterocycles. The van der Waals surface area contributed by atoms with E-state index in [0.717, 1.165) is 25.7 Å². The fourth-order valence-electron chi connectivity index (χ4n) is 3.95. The van der Waals surface area contributed by atoms with E-state index in [1.165, 1.54) is 13.8 Å². The van der Waals surface area contributed by atoms with Crippen LogP contribution in [-0.4, -0.2) is 30.2 Å². The van der Waals surface area contributed by atoms with E-state index in [1.807, 2.05) is 13.8 Å². The molecule has 0 aromatic heterocycles. The van der Waals surface area contributed by atoms with E-state index in [4.69, 9.17) is 0 Å². The second kappa shape index (κ2) is 16.7. The number of unbranched alkanes of at least 4 members (excludes halogenated alkanes) is 4. The molecule has 3 unspecified atom stereocenters. The van der Waals surface area contributed by atoms with Gasteiger partial charge in [-0.15, -0.1) is 0 Å². The Balaban J connectivity index is -0.00000312. The smallest absolute Gasteiger partial charge is 0.549 e. The van der Waals surface area contributed by atoms with Gasteiger partial charge in [0, 0.05) is 11.4 Å². The van der Waals surface area contributed by atoms with Crippen molar-refractivity contribution < 1.29 is 136 Å². The molecular formula is C18H32K2O7S. The quantitative estimate of drug-likeness (QED) is 0.153. The van der Waals surface area contributed by atoms with Crippen molar-refractivity contribution in [1.29, 1.82) is 0 Å². The summed E-state index contributed by atoms with van der Waals surface area (Å²) in [5.74, 6) is -5.51. The Hall–Kier alpha value is 2.12. The fraction of sp³-hybridized carbons (Fsp3) is 0.889. The van der Waals surface area contributed by atoms with Crippen LogP contribution >= 0.6 is 0 Å². The van der Waals surface area contributed by atoms with Crippen LogP contribution in [0.4, 0.5) is 0 Å². The summed E-state index contributed by atoms with van der Waals surface area (Å²) in [5, 5.41) is 21.2. The van der Waals surface area contributed by atoms with Gasteiger partial charge in [-0.25, -0.2) is 0 Å². The molecule has 7 nitrogen and oxygen atoms in total. The first-order chi connectivity index (χ1) is 12.0. The zero-order valence-electron chi connectivity index (χ0n) is 18.2. The molecule has 3 atom stereocenters. The van der Waals surface area contributed by atoms with E-state index < -0.39 is 44.6 Å². The third-order valence-corrected chi connectivity index (χ3v) is 6.59. The molecular weight excluding hydrogens is 438 g/mol. The van der Waals surface area contributed by atoms with Crippen LogP contribution in [0.5, 0.6) is 0 Å². The van der Waals surface area contributed by atoms with Crippen LogP contribution < -0.4 is 113 Å². The van der Waals surface area contributed by atoms with Gasteiger partial charge in [0.2, 0.25) is 0 Å². The van der Waals surface area contributed by atoms with Crippen molar-refractivity contribution >= 4 is 22.1 Å². The molecule has 1 N–H and O–H groups in total. The van der Waals surface area contributed by atoms with Crippen molar-refractivity contribution in [2.24, 2.45) is 17.3 Å². The Kier molecular flexibility index (Phi) is 20.7. The number of rotatable bonds is 14. The summed E-state index contributed by atoms with van der Waals surface area (Å²) >= 11 is 0. The van der Waals surface area contributed by atoms with Crippen LogP contribution in [0.15, 0.2) is 0 Å². The van der Waals surface area contributed by atoms with Gasteiger partial charge in [-0.2, -0.15) is 8.42 Å². The summed E-state index contributed by atoms with van der Waals surface area (Å²) in [6.45, 7) is 6.96. The first-order valence-electron chi connectivity index (χ1n) is 9.36. The minimum Gasteiger partial charge on any atom is -0.549 e. The van der Waals surface area contributed by atoms with E-state index in [2.05, 4.69) is 0 Å². The number of carbonyl (C=O) groups excluding carboxylic acids is 2. The molecule has 0 spiro atoms. The van der Waals surface area contributed by atoms with Gasteiger partial charge in [0.1, 0.15) is 5.25 Å². The zero-order chi connectivity index (χ0) is 20.5. The monoisotopic (exact) mass is 470 g/mol. The first-order valence-corrected chi connectivity index (χ1v) is 10.9. The normalized spacial score (nSPS) is 16.6. The second-order valence-corrected chi connectivity index (χ2v) is 8.73. The fourth-order valence-corrected chi connectivity index (χ4v) is 5.25. The van der Waals surface area contributed by atoms with E-state index in [9.17, 15) is 32.8 Å². The van der Waals surface area contributed by atoms with Crippen LogP contribution in [-0.2, 0) is 19.7 Å². The Morgan fingerprint density at radius 2 is 1.25 bits per heavy atom. The Bertz CT molecular complexity index is 550. The molecule has 0 saturated carbocycles. The maximum Gasteiger partial charge on any atom is 1.00 e. The summed E-state index contributed by atoms with van der Waals surface area (Å²) in [5.41, 5.74) is -2.26. The molecule has 0 bridgehead atoms. The molecule has 28 heavy (non-hydrogen) atoms. The summed E-state index contributed by atoms with van der Waals surface area (Å²) in [6.07, 6.45) is 5.25. The molecule has 0 fully saturated rings. The third kappa shape index (κ3) is 9.73. The first kappa shape index (κ1) is 34.7. The maximum atomic E-state index is 12.2. The van der Waals surface area contributed by atoms with Crippen molar-refractivity contribution in [2.75, 3.05) is 0 Å². The number of carbonyl (C=O) groups is 2. The van der Waals surface area contributed by atoms with Gasteiger partial charge in [0.25, 0.3) is 10.1 Å². The van der Waals surface area contributed by atoms with Crippen molar-refractivity contribution in [3.63, 3.8) is 0 Å². The molecule has 0 aromatic carbocycles. The zero-order valence-corrected chi connectivity index (χ0v) is 25.3. The van der Waals surface area contributed by atoms with Crippen LogP contribution in [0, 0.1) is 17.3 Å². The van der Waals surface area contributed by atoms with E-state index in [1.54, 1.807) is 0 Å². The number of carboxylic acids is 2. The number of hydrogen-bond acceptors (Lipinski definition) is 6.